The molecule has 0 bridgehead atoms. The van der Waals surface area contributed by atoms with E-state index < -0.39 is 0 Å². The summed E-state index contributed by atoms with van der Waals surface area (Å²) in [5, 5.41) is 0. The van der Waals surface area contributed by atoms with Crippen molar-refractivity contribution in [1.82, 2.24) is 9.97 Å². The van der Waals surface area contributed by atoms with Crippen molar-refractivity contribution in [2.75, 3.05) is 0 Å². The number of ketones is 1. The van der Waals surface area contributed by atoms with Crippen molar-refractivity contribution in [1.29, 1.82) is 0 Å². The molecule has 0 aliphatic heterocycles. The number of rotatable bonds is 2. The minimum atomic E-state index is 0.0233. The van der Waals surface area contributed by atoms with Crippen LogP contribution in [0.25, 0.3) is 0 Å². The second-order valence-corrected chi connectivity index (χ2v) is 2.70. The Morgan fingerprint density at radius 3 is 2.67 bits per heavy atom. The van der Waals surface area contributed by atoms with Crippen LogP contribution in [0.1, 0.15) is 35.7 Å². The van der Waals surface area contributed by atoms with Gasteiger partial charge in [0.2, 0.25) is 0 Å². The van der Waals surface area contributed by atoms with Gasteiger partial charge in [0.15, 0.2) is 5.78 Å². The first-order chi connectivity index (χ1) is 5.65. The maximum atomic E-state index is 11.0. The molecule has 1 aromatic rings. The molecule has 3 nitrogen and oxygen atoms in total. The van der Waals surface area contributed by atoms with Crippen molar-refractivity contribution >= 4 is 5.78 Å². The zero-order valence-corrected chi connectivity index (χ0v) is 7.59. The summed E-state index contributed by atoms with van der Waals surface area (Å²) in [5.74, 6) is 0.813. The molecular formula is C9H12N2O. The van der Waals surface area contributed by atoms with Gasteiger partial charge in [-0.1, -0.05) is 6.92 Å². The first-order valence-corrected chi connectivity index (χ1v) is 3.98. The molecule has 1 rings (SSSR count). The van der Waals surface area contributed by atoms with Gasteiger partial charge in [0.05, 0.1) is 11.3 Å². The van der Waals surface area contributed by atoms with E-state index in [1.54, 1.807) is 6.20 Å². The Balaban J connectivity index is 3.12. The molecule has 0 unspecified atom stereocenters. The fourth-order valence-corrected chi connectivity index (χ4v) is 1.03. The quantitative estimate of drug-likeness (QED) is 0.623. The van der Waals surface area contributed by atoms with E-state index in [4.69, 9.17) is 0 Å². The number of hydrogen-bond donors (Lipinski definition) is 0. The molecule has 12 heavy (non-hydrogen) atoms. The van der Waals surface area contributed by atoms with Crippen LogP contribution in [0.3, 0.4) is 0 Å². The first-order valence-electron chi connectivity index (χ1n) is 3.98. The summed E-state index contributed by atoms with van der Waals surface area (Å²) < 4.78 is 0. The Morgan fingerprint density at radius 1 is 1.58 bits per heavy atom. The molecule has 64 valence electrons. The molecule has 0 atom stereocenters. The van der Waals surface area contributed by atoms with E-state index in [1.807, 2.05) is 13.8 Å². The average Bonchev–Trinajstić information content (AvgIpc) is 2.03. The summed E-state index contributed by atoms with van der Waals surface area (Å²) in [4.78, 5) is 19.2. The van der Waals surface area contributed by atoms with Crippen molar-refractivity contribution < 1.29 is 4.79 Å². The van der Waals surface area contributed by atoms with Crippen molar-refractivity contribution in [3.05, 3.63) is 23.3 Å². The number of nitrogens with zero attached hydrogens (tertiary/aromatic N) is 2. The first kappa shape index (κ1) is 8.84. The molecule has 0 saturated carbocycles. The molecular weight excluding hydrogens is 152 g/mol. The van der Waals surface area contributed by atoms with E-state index in [-0.39, 0.29) is 5.78 Å². The third-order valence-corrected chi connectivity index (χ3v) is 1.72. The molecule has 0 spiro atoms. The lowest BCUT2D eigenvalue weighted by Crippen LogP contribution is -2.03. The summed E-state index contributed by atoms with van der Waals surface area (Å²) >= 11 is 0. The molecule has 0 radical (unpaired) electrons. The molecule has 0 aliphatic carbocycles. The summed E-state index contributed by atoms with van der Waals surface area (Å²) in [6.45, 7) is 5.34. The van der Waals surface area contributed by atoms with Gasteiger partial charge < -0.3 is 0 Å². The molecule has 3 heteroatoms. The average molecular weight is 164 g/mol. The lowest BCUT2D eigenvalue weighted by Gasteiger charge is -2.01. The molecule has 0 aromatic carbocycles. The molecule has 1 aromatic heterocycles. The number of aryl methyl sites for hydroxylation is 2. The van der Waals surface area contributed by atoms with E-state index in [9.17, 15) is 4.79 Å². The van der Waals surface area contributed by atoms with Gasteiger partial charge in [-0.05, 0) is 13.8 Å². The van der Waals surface area contributed by atoms with Gasteiger partial charge in [-0.2, -0.15) is 0 Å². The van der Waals surface area contributed by atoms with E-state index in [0.717, 1.165) is 17.9 Å². The maximum absolute atomic E-state index is 11.0. The highest BCUT2D eigenvalue weighted by Crippen LogP contribution is 2.04. The molecule has 0 aliphatic rings. The number of aromatic nitrogens is 2. The summed E-state index contributed by atoms with van der Waals surface area (Å²) in [5.41, 5.74) is 1.39. The Labute approximate surface area is 71.9 Å². The van der Waals surface area contributed by atoms with Crippen LogP contribution in [0.4, 0.5) is 0 Å². The van der Waals surface area contributed by atoms with Gasteiger partial charge in [0.1, 0.15) is 5.82 Å². The van der Waals surface area contributed by atoms with E-state index in [1.165, 1.54) is 6.92 Å². The van der Waals surface area contributed by atoms with Crippen LogP contribution in [0.2, 0.25) is 0 Å². The second-order valence-electron chi connectivity index (χ2n) is 2.70. The zero-order chi connectivity index (χ0) is 9.14. The van der Waals surface area contributed by atoms with Crippen LogP contribution in [-0.2, 0) is 6.42 Å². The van der Waals surface area contributed by atoms with Crippen LogP contribution < -0.4 is 0 Å². The normalized spacial score (nSPS) is 9.92. The van der Waals surface area contributed by atoms with E-state index >= 15 is 0 Å². The standard InChI is InChI=1S/C9H12N2O/c1-4-9-10-5-8(7(3)12)6(2)11-9/h5H,4H2,1-3H3. The van der Waals surface area contributed by atoms with E-state index in [2.05, 4.69) is 9.97 Å². The Kier molecular flexibility index (Phi) is 2.53. The van der Waals surface area contributed by atoms with Crippen molar-refractivity contribution in [3.8, 4) is 0 Å². The third-order valence-electron chi connectivity index (χ3n) is 1.72. The second kappa shape index (κ2) is 3.43. The molecule has 0 saturated heterocycles. The molecule has 0 N–H and O–H groups in total. The highest BCUT2D eigenvalue weighted by molar-refractivity contribution is 5.94. The predicted molar refractivity (Wildman–Crippen MR) is 46.2 cm³/mol. The van der Waals surface area contributed by atoms with Gasteiger partial charge in [0.25, 0.3) is 0 Å². The topological polar surface area (TPSA) is 42.9 Å². The Hall–Kier alpha value is -1.25. The van der Waals surface area contributed by atoms with Crippen LogP contribution >= 0.6 is 0 Å². The SMILES string of the molecule is CCc1ncc(C(C)=O)c(C)n1. The van der Waals surface area contributed by atoms with E-state index in [0.29, 0.717) is 5.56 Å². The Bertz CT molecular complexity index is 307. The highest BCUT2D eigenvalue weighted by atomic mass is 16.1. The highest BCUT2D eigenvalue weighted by Gasteiger charge is 2.05. The van der Waals surface area contributed by atoms with Crippen LogP contribution in [0.15, 0.2) is 6.20 Å². The zero-order valence-electron chi connectivity index (χ0n) is 7.59. The van der Waals surface area contributed by atoms with Gasteiger partial charge >= 0.3 is 0 Å². The van der Waals surface area contributed by atoms with Gasteiger partial charge in [-0.25, -0.2) is 9.97 Å². The Morgan fingerprint density at radius 2 is 2.25 bits per heavy atom. The van der Waals surface area contributed by atoms with Crippen molar-refractivity contribution in [2.45, 2.75) is 27.2 Å². The van der Waals surface area contributed by atoms with Crippen LogP contribution in [0, 0.1) is 6.92 Å². The maximum Gasteiger partial charge on any atom is 0.163 e. The van der Waals surface area contributed by atoms with Gasteiger partial charge in [0, 0.05) is 12.6 Å². The smallest absolute Gasteiger partial charge is 0.163 e. The number of carbonyl (C=O) groups is 1. The number of Topliss-reactive ketones (excluding diaryl/α,β-unsaturated/α-hetero) is 1. The summed E-state index contributed by atoms with van der Waals surface area (Å²) in [6.07, 6.45) is 2.41. The fraction of sp³-hybridized carbons (Fsp3) is 0.444. The lowest BCUT2D eigenvalue weighted by molar-refractivity contribution is 0.101. The molecule has 0 fully saturated rings. The van der Waals surface area contributed by atoms with Gasteiger partial charge in [-0.3, -0.25) is 4.79 Å². The van der Waals surface area contributed by atoms with Crippen molar-refractivity contribution in [2.24, 2.45) is 0 Å². The number of hydrogen-bond acceptors (Lipinski definition) is 3. The summed E-state index contributed by atoms with van der Waals surface area (Å²) in [7, 11) is 0. The monoisotopic (exact) mass is 164 g/mol. The lowest BCUT2D eigenvalue weighted by atomic mass is 10.2. The minimum absolute atomic E-state index is 0.0233. The van der Waals surface area contributed by atoms with Crippen molar-refractivity contribution in [3.63, 3.8) is 0 Å². The van der Waals surface area contributed by atoms with Crippen LogP contribution in [-0.4, -0.2) is 15.8 Å². The predicted octanol–water partition coefficient (Wildman–Crippen LogP) is 1.55. The third kappa shape index (κ3) is 1.67. The molecule has 0 amide bonds. The minimum Gasteiger partial charge on any atom is -0.294 e. The fourth-order valence-electron chi connectivity index (χ4n) is 1.03. The van der Waals surface area contributed by atoms with Gasteiger partial charge in [-0.15, -0.1) is 0 Å². The van der Waals surface area contributed by atoms with Crippen LogP contribution in [0.5, 0.6) is 0 Å². The largest absolute Gasteiger partial charge is 0.294 e. The molecule has 1 heterocycles. The number of carbonyl (C=O) groups excluding carboxylic acids is 1. The summed E-state index contributed by atoms with van der Waals surface area (Å²) in [6, 6.07) is 0.